The van der Waals surface area contributed by atoms with Gasteiger partial charge in [-0.3, -0.25) is 0 Å². The minimum Gasteiger partial charge on any atom is -0.445 e. The number of amides is 1. The van der Waals surface area contributed by atoms with Gasteiger partial charge in [0.25, 0.3) is 0 Å². The van der Waals surface area contributed by atoms with E-state index in [2.05, 4.69) is 0 Å². The predicted octanol–water partition coefficient (Wildman–Crippen LogP) is 1.38. The Morgan fingerprint density at radius 2 is 1.89 bits per heavy atom. The smallest absolute Gasteiger partial charge is 0.410 e. The highest BCUT2D eigenvalue weighted by atomic mass is 16.7. The Hall–Kier alpha value is -1.59. The number of hydrogen-bond donors (Lipinski definition) is 0. The van der Waals surface area contributed by atoms with E-state index in [1.54, 1.807) is 4.90 Å². The SMILES string of the molecule is O=C(OCc1ccccc1)N1CC2OCOC2C1. The number of rotatable bonds is 2. The molecule has 96 valence electrons. The van der Waals surface area contributed by atoms with E-state index < -0.39 is 0 Å². The van der Waals surface area contributed by atoms with E-state index in [0.717, 1.165) is 5.56 Å². The zero-order valence-corrected chi connectivity index (χ0v) is 9.95. The molecule has 0 aliphatic carbocycles. The van der Waals surface area contributed by atoms with Crippen molar-refractivity contribution in [2.24, 2.45) is 0 Å². The second-order valence-corrected chi connectivity index (χ2v) is 4.47. The normalized spacial score (nSPS) is 26.1. The summed E-state index contributed by atoms with van der Waals surface area (Å²) in [5.74, 6) is 0. The fourth-order valence-electron chi connectivity index (χ4n) is 2.24. The fraction of sp³-hybridized carbons (Fsp3) is 0.462. The topological polar surface area (TPSA) is 48.0 Å². The molecule has 2 fully saturated rings. The molecule has 2 unspecified atom stereocenters. The first kappa shape index (κ1) is 11.5. The summed E-state index contributed by atoms with van der Waals surface area (Å²) in [5, 5.41) is 0. The van der Waals surface area contributed by atoms with Gasteiger partial charge in [-0.1, -0.05) is 30.3 Å². The molecule has 1 amide bonds. The Bertz CT molecular complexity index is 410. The summed E-state index contributed by atoms with van der Waals surface area (Å²) in [6.07, 6.45) is -0.288. The molecule has 2 aliphatic heterocycles. The van der Waals surface area contributed by atoms with Crippen LogP contribution in [0.5, 0.6) is 0 Å². The molecule has 3 rings (SSSR count). The summed E-state index contributed by atoms with van der Waals surface area (Å²) in [5.41, 5.74) is 0.984. The van der Waals surface area contributed by atoms with Crippen LogP contribution in [0.4, 0.5) is 4.79 Å². The molecule has 0 saturated carbocycles. The van der Waals surface area contributed by atoms with E-state index in [-0.39, 0.29) is 18.3 Å². The molecule has 2 saturated heterocycles. The lowest BCUT2D eigenvalue weighted by Gasteiger charge is -2.16. The zero-order valence-electron chi connectivity index (χ0n) is 9.95. The molecule has 2 aliphatic rings. The van der Waals surface area contributed by atoms with E-state index in [1.165, 1.54) is 0 Å². The van der Waals surface area contributed by atoms with Crippen molar-refractivity contribution in [1.29, 1.82) is 0 Å². The first-order valence-electron chi connectivity index (χ1n) is 6.02. The highest BCUT2D eigenvalue weighted by Crippen LogP contribution is 2.22. The second-order valence-electron chi connectivity index (χ2n) is 4.47. The van der Waals surface area contributed by atoms with Gasteiger partial charge in [-0.05, 0) is 5.56 Å². The maximum Gasteiger partial charge on any atom is 0.410 e. The number of hydrogen-bond acceptors (Lipinski definition) is 4. The Labute approximate surface area is 105 Å². The number of nitrogens with zero attached hydrogens (tertiary/aromatic N) is 1. The van der Waals surface area contributed by atoms with Crippen molar-refractivity contribution in [1.82, 2.24) is 4.90 Å². The zero-order chi connectivity index (χ0) is 12.4. The molecule has 18 heavy (non-hydrogen) atoms. The molecule has 0 bridgehead atoms. The van der Waals surface area contributed by atoms with Crippen molar-refractivity contribution in [3.8, 4) is 0 Å². The maximum atomic E-state index is 11.8. The van der Waals surface area contributed by atoms with Gasteiger partial charge < -0.3 is 19.1 Å². The molecule has 1 aromatic carbocycles. The van der Waals surface area contributed by atoms with Crippen molar-refractivity contribution in [2.45, 2.75) is 18.8 Å². The number of fused-ring (bicyclic) bond motifs is 1. The number of ether oxygens (including phenoxy) is 3. The molecule has 5 heteroatoms. The molecule has 5 nitrogen and oxygen atoms in total. The first-order valence-corrected chi connectivity index (χ1v) is 6.02. The second kappa shape index (κ2) is 4.96. The monoisotopic (exact) mass is 249 g/mol. The summed E-state index contributed by atoms with van der Waals surface area (Å²) in [4.78, 5) is 13.5. The molecule has 0 spiro atoms. The first-order chi connectivity index (χ1) is 8.83. The van der Waals surface area contributed by atoms with Crippen molar-refractivity contribution in [3.63, 3.8) is 0 Å². The van der Waals surface area contributed by atoms with Gasteiger partial charge in [0.2, 0.25) is 0 Å². The average Bonchev–Trinajstić information content (AvgIpc) is 2.98. The molecule has 0 radical (unpaired) electrons. The van der Waals surface area contributed by atoms with Gasteiger partial charge in [0, 0.05) is 0 Å². The Morgan fingerprint density at radius 1 is 1.22 bits per heavy atom. The van der Waals surface area contributed by atoms with Crippen molar-refractivity contribution >= 4 is 6.09 Å². The Kier molecular flexibility index (Phi) is 3.17. The predicted molar refractivity (Wildman–Crippen MR) is 62.8 cm³/mol. The van der Waals surface area contributed by atoms with E-state index in [4.69, 9.17) is 14.2 Å². The van der Waals surface area contributed by atoms with Crippen LogP contribution >= 0.6 is 0 Å². The van der Waals surface area contributed by atoms with Gasteiger partial charge in [0.15, 0.2) is 0 Å². The maximum absolute atomic E-state index is 11.8. The summed E-state index contributed by atoms with van der Waals surface area (Å²) >= 11 is 0. The van der Waals surface area contributed by atoms with Crippen LogP contribution < -0.4 is 0 Å². The lowest BCUT2D eigenvalue weighted by molar-refractivity contribution is 0.0127. The van der Waals surface area contributed by atoms with E-state index in [0.29, 0.717) is 26.5 Å². The van der Waals surface area contributed by atoms with Crippen LogP contribution in [0.15, 0.2) is 30.3 Å². The van der Waals surface area contributed by atoms with Gasteiger partial charge in [0.1, 0.15) is 25.6 Å². The number of carbonyl (C=O) groups is 1. The summed E-state index contributed by atoms with van der Waals surface area (Å²) in [7, 11) is 0. The van der Waals surface area contributed by atoms with Crippen molar-refractivity contribution in [3.05, 3.63) is 35.9 Å². The van der Waals surface area contributed by atoms with Crippen LogP contribution in [0, 0.1) is 0 Å². The van der Waals surface area contributed by atoms with Gasteiger partial charge >= 0.3 is 6.09 Å². The fourth-order valence-corrected chi connectivity index (χ4v) is 2.24. The van der Waals surface area contributed by atoms with Gasteiger partial charge in [0.05, 0.1) is 13.1 Å². The minimum absolute atomic E-state index is 0.00859. The van der Waals surface area contributed by atoms with Crippen LogP contribution in [0.25, 0.3) is 0 Å². The van der Waals surface area contributed by atoms with Crippen molar-refractivity contribution < 1.29 is 19.0 Å². The largest absolute Gasteiger partial charge is 0.445 e. The standard InChI is InChI=1S/C13H15NO4/c15-13(16-8-10-4-2-1-3-5-10)14-6-11-12(7-14)18-9-17-11/h1-5,11-12H,6-9H2. The average molecular weight is 249 g/mol. The highest BCUT2D eigenvalue weighted by Gasteiger charge is 2.41. The Morgan fingerprint density at radius 3 is 2.56 bits per heavy atom. The number of carbonyl (C=O) groups excluding carboxylic acids is 1. The van der Waals surface area contributed by atoms with Crippen LogP contribution in [0.1, 0.15) is 5.56 Å². The van der Waals surface area contributed by atoms with Crippen LogP contribution in [0.2, 0.25) is 0 Å². The minimum atomic E-state index is -0.305. The molecule has 0 aromatic heterocycles. The summed E-state index contributed by atoms with van der Waals surface area (Å²) < 4.78 is 15.9. The van der Waals surface area contributed by atoms with Crippen LogP contribution in [0.3, 0.4) is 0 Å². The lowest BCUT2D eigenvalue weighted by Crippen LogP contribution is -2.31. The van der Waals surface area contributed by atoms with E-state index >= 15 is 0 Å². The highest BCUT2D eigenvalue weighted by molar-refractivity contribution is 5.68. The molecule has 2 heterocycles. The summed E-state index contributed by atoms with van der Waals surface area (Å²) in [6.45, 7) is 1.74. The quantitative estimate of drug-likeness (QED) is 0.794. The molecular weight excluding hydrogens is 234 g/mol. The molecule has 0 N–H and O–H groups in total. The third kappa shape index (κ3) is 2.32. The van der Waals surface area contributed by atoms with Crippen molar-refractivity contribution in [2.75, 3.05) is 19.9 Å². The van der Waals surface area contributed by atoms with Gasteiger partial charge in [-0.25, -0.2) is 4.79 Å². The molecule has 2 atom stereocenters. The third-order valence-corrected chi connectivity index (χ3v) is 3.24. The van der Waals surface area contributed by atoms with E-state index in [9.17, 15) is 4.79 Å². The van der Waals surface area contributed by atoms with Gasteiger partial charge in [-0.2, -0.15) is 0 Å². The number of benzene rings is 1. The third-order valence-electron chi connectivity index (χ3n) is 3.24. The molecule has 1 aromatic rings. The lowest BCUT2D eigenvalue weighted by atomic mass is 10.2. The van der Waals surface area contributed by atoms with Crippen LogP contribution in [-0.2, 0) is 20.8 Å². The molecular formula is C13H15NO4. The number of likely N-dealkylation sites (tertiary alicyclic amines) is 1. The van der Waals surface area contributed by atoms with Gasteiger partial charge in [-0.15, -0.1) is 0 Å². The van der Waals surface area contributed by atoms with E-state index in [1.807, 2.05) is 30.3 Å². The summed E-state index contributed by atoms with van der Waals surface area (Å²) in [6, 6.07) is 9.63. The van der Waals surface area contributed by atoms with Crippen LogP contribution in [-0.4, -0.2) is 43.1 Å². The Balaban J connectivity index is 1.50.